The van der Waals surface area contributed by atoms with Crippen molar-refractivity contribution in [3.05, 3.63) is 0 Å². The van der Waals surface area contributed by atoms with Crippen LogP contribution in [0.3, 0.4) is 0 Å². The van der Waals surface area contributed by atoms with Gasteiger partial charge < -0.3 is 15.5 Å². The summed E-state index contributed by atoms with van der Waals surface area (Å²) in [5, 5.41) is 0. The molecule has 0 radical (unpaired) electrons. The van der Waals surface area contributed by atoms with Crippen LogP contribution in [0.1, 0.15) is 19.3 Å². The van der Waals surface area contributed by atoms with E-state index in [9.17, 15) is 4.79 Å². The summed E-state index contributed by atoms with van der Waals surface area (Å²) in [6.45, 7) is 1.83. The molecule has 1 saturated heterocycles. The number of hydrogen-bond acceptors (Lipinski definition) is 3. The van der Waals surface area contributed by atoms with Crippen LogP contribution in [-0.2, 0) is 0 Å². The van der Waals surface area contributed by atoms with Crippen molar-refractivity contribution in [2.45, 2.75) is 30.8 Å². The van der Waals surface area contributed by atoms with Crippen LogP contribution in [-0.4, -0.2) is 53.4 Å². The number of carbonyl (C=O) groups excluding carboxylic acids is 1. The van der Waals surface area contributed by atoms with Crippen molar-refractivity contribution in [2.75, 3.05) is 20.1 Å². The second-order valence-corrected chi connectivity index (χ2v) is 4.90. The van der Waals surface area contributed by atoms with Crippen molar-refractivity contribution < 1.29 is 4.79 Å². The molecule has 1 saturated carbocycles. The van der Waals surface area contributed by atoms with Gasteiger partial charge in [-0.05, 0) is 26.3 Å². The third-order valence-electron chi connectivity index (χ3n) is 3.71. The first kappa shape index (κ1) is 9.15. The number of amidine groups is 1. The van der Waals surface area contributed by atoms with E-state index in [4.69, 9.17) is 5.73 Å². The average Bonchev–Trinajstić information content (AvgIpc) is 2.86. The van der Waals surface area contributed by atoms with Crippen molar-refractivity contribution in [3.63, 3.8) is 0 Å². The van der Waals surface area contributed by atoms with Gasteiger partial charge in [0.05, 0.1) is 0 Å². The number of carbonyl (C=O) groups is 1. The summed E-state index contributed by atoms with van der Waals surface area (Å²) in [7, 11) is 2.07. The lowest BCUT2D eigenvalue weighted by Crippen LogP contribution is -2.56. The minimum absolute atomic E-state index is 0.120. The lowest BCUT2D eigenvalue weighted by atomic mass is 9.96. The predicted octanol–water partition coefficient (Wildman–Crippen LogP) is 0.0159. The summed E-state index contributed by atoms with van der Waals surface area (Å²) in [5.74, 6) is 0.531. The molecule has 2 fully saturated rings. The van der Waals surface area contributed by atoms with Crippen molar-refractivity contribution in [1.29, 1.82) is 0 Å². The van der Waals surface area contributed by atoms with Crippen LogP contribution in [0, 0.1) is 0 Å². The van der Waals surface area contributed by atoms with Gasteiger partial charge in [-0.3, -0.25) is 0 Å². The van der Waals surface area contributed by atoms with E-state index in [1.54, 1.807) is 0 Å². The summed E-state index contributed by atoms with van der Waals surface area (Å²) in [5.41, 5.74) is 5.67. The summed E-state index contributed by atoms with van der Waals surface area (Å²) < 4.78 is 0. The van der Waals surface area contributed by atoms with Gasteiger partial charge >= 0.3 is 6.03 Å². The molecular weight excluding hydrogens is 192 g/mol. The van der Waals surface area contributed by atoms with Crippen LogP contribution in [0.15, 0.2) is 4.99 Å². The fourth-order valence-corrected chi connectivity index (χ4v) is 2.79. The Balaban J connectivity index is 1.97. The third-order valence-corrected chi connectivity index (χ3v) is 3.71. The van der Waals surface area contributed by atoms with Crippen LogP contribution >= 0.6 is 0 Å². The van der Waals surface area contributed by atoms with Gasteiger partial charge in [-0.25, -0.2) is 4.79 Å². The Hall–Kier alpha value is -1.10. The monoisotopic (exact) mass is 208 g/mol. The van der Waals surface area contributed by atoms with E-state index < -0.39 is 0 Å². The SMILES string of the molecule is CN1CCC2(C1)C(N)=NC(=O)N2C1CC1. The van der Waals surface area contributed by atoms with Gasteiger partial charge in [-0.1, -0.05) is 0 Å². The van der Waals surface area contributed by atoms with Crippen molar-refractivity contribution in [3.8, 4) is 0 Å². The molecule has 0 aromatic heterocycles. The Morgan fingerprint density at radius 1 is 1.53 bits per heavy atom. The highest BCUT2D eigenvalue weighted by Gasteiger charge is 2.56. The highest BCUT2D eigenvalue weighted by atomic mass is 16.2. The third kappa shape index (κ3) is 1.13. The van der Waals surface area contributed by atoms with Gasteiger partial charge in [-0.15, -0.1) is 0 Å². The van der Waals surface area contributed by atoms with Gasteiger partial charge in [0, 0.05) is 19.1 Å². The molecule has 1 spiro atoms. The number of nitrogens with two attached hydrogens (primary N) is 1. The zero-order valence-corrected chi connectivity index (χ0v) is 8.94. The second-order valence-electron chi connectivity index (χ2n) is 4.90. The van der Waals surface area contributed by atoms with Gasteiger partial charge in [0.15, 0.2) is 0 Å². The maximum Gasteiger partial charge on any atom is 0.346 e. The van der Waals surface area contributed by atoms with Crippen molar-refractivity contribution in [2.24, 2.45) is 10.7 Å². The van der Waals surface area contributed by atoms with Gasteiger partial charge in [0.2, 0.25) is 0 Å². The Morgan fingerprint density at radius 2 is 2.27 bits per heavy atom. The maximum absolute atomic E-state index is 11.8. The molecule has 82 valence electrons. The molecular formula is C10H16N4O. The summed E-state index contributed by atoms with van der Waals surface area (Å²) in [6.07, 6.45) is 3.15. The van der Waals surface area contributed by atoms with E-state index in [0.29, 0.717) is 11.9 Å². The first-order chi connectivity index (χ1) is 7.13. The first-order valence-corrected chi connectivity index (χ1v) is 5.50. The molecule has 15 heavy (non-hydrogen) atoms. The van der Waals surface area contributed by atoms with Crippen LogP contribution in [0.2, 0.25) is 0 Å². The molecule has 2 amide bonds. The van der Waals surface area contributed by atoms with Crippen molar-refractivity contribution in [1.82, 2.24) is 9.80 Å². The Bertz CT molecular complexity index is 349. The van der Waals surface area contributed by atoms with Crippen LogP contribution in [0.5, 0.6) is 0 Å². The molecule has 0 bridgehead atoms. The molecule has 3 aliphatic rings. The summed E-state index contributed by atoms with van der Waals surface area (Å²) >= 11 is 0. The number of amides is 2. The molecule has 1 atom stereocenters. The molecule has 2 heterocycles. The molecule has 1 unspecified atom stereocenters. The standard InChI is InChI=1S/C10H16N4O/c1-13-5-4-10(6-13)8(11)12-9(15)14(10)7-2-3-7/h7H,2-6H2,1H3,(H2,11,12,15). The number of likely N-dealkylation sites (N-methyl/N-ethyl adjacent to an activating group) is 1. The van der Waals surface area contributed by atoms with E-state index in [0.717, 1.165) is 32.4 Å². The number of aliphatic imine (C=N–C) groups is 1. The number of rotatable bonds is 1. The Morgan fingerprint density at radius 3 is 2.80 bits per heavy atom. The predicted molar refractivity (Wildman–Crippen MR) is 56.7 cm³/mol. The molecule has 5 nitrogen and oxygen atoms in total. The summed E-state index contributed by atoms with van der Waals surface area (Å²) in [6, 6.07) is 0.277. The lowest BCUT2D eigenvalue weighted by Gasteiger charge is -2.34. The number of hydrogen-bond donors (Lipinski definition) is 1. The molecule has 5 heteroatoms. The largest absolute Gasteiger partial charge is 0.385 e. The molecule has 2 aliphatic heterocycles. The van der Waals surface area contributed by atoms with Crippen molar-refractivity contribution >= 4 is 11.9 Å². The minimum atomic E-state index is -0.271. The zero-order chi connectivity index (χ0) is 10.6. The molecule has 1 aliphatic carbocycles. The molecule has 2 N–H and O–H groups in total. The Kier molecular flexibility index (Phi) is 1.66. The van der Waals surface area contributed by atoms with E-state index in [-0.39, 0.29) is 11.6 Å². The molecule has 0 aromatic carbocycles. The van der Waals surface area contributed by atoms with Crippen LogP contribution in [0.4, 0.5) is 4.79 Å². The quantitative estimate of drug-likeness (QED) is 0.660. The lowest BCUT2D eigenvalue weighted by molar-refractivity contribution is 0.167. The van der Waals surface area contributed by atoms with Crippen LogP contribution < -0.4 is 5.73 Å². The van der Waals surface area contributed by atoms with Crippen LogP contribution in [0.25, 0.3) is 0 Å². The fourth-order valence-electron chi connectivity index (χ4n) is 2.79. The minimum Gasteiger partial charge on any atom is -0.385 e. The highest BCUT2D eigenvalue weighted by molar-refractivity contribution is 6.06. The van der Waals surface area contributed by atoms with E-state index in [1.165, 1.54) is 0 Å². The second kappa shape index (κ2) is 2.72. The fraction of sp³-hybridized carbons (Fsp3) is 0.800. The maximum atomic E-state index is 11.8. The van der Waals surface area contributed by atoms with E-state index >= 15 is 0 Å². The topological polar surface area (TPSA) is 61.9 Å². The van der Waals surface area contributed by atoms with E-state index in [1.807, 2.05) is 4.90 Å². The number of likely N-dealkylation sites (tertiary alicyclic amines) is 1. The molecule has 3 rings (SSSR count). The number of urea groups is 1. The number of nitrogens with zero attached hydrogens (tertiary/aromatic N) is 3. The van der Waals surface area contributed by atoms with Gasteiger partial charge in [0.25, 0.3) is 0 Å². The average molecular weight is 208 g/mol. The van der Waals surface area contributed by atoms with Gasteiger partial charge in [-0.2, -0.15) is 4.99 Å². The van der Waals surface area contributed by atoms with E-state index in [2.05, 4.69) is 16.9 Å². The normalized spacial score (nSPS) is 36.7. The highest BCUT2D eigenvalue weighted by Crippen LogP contribution is 2.40. The van der Waals surface area contributed by atoms with Gasteiger partial charge in [0.1, 0.15) is 11.4 Å². The summed E-state index contributed by atoms with van der Waals surface area (Å²) in [4.78, 5) is 19.9. The zero-order valence-electron chi connectivity index (χ0n) is 8.94. The Labute approximate surface area is 88.9 Å². The molecule has 0 aromatic rings. The first-order valence-electron chi connectivity index (χ1n) is 5.50. The smallest absolute Gasteiger partial charge is 0.346 e.